The highest BCUT2D eigenvalue weighted by atomic mass is 16.5. The predicted molar refractivity (Wildman–Crippen MR) is 83.5 cm³/mol. The molecule has 0 saturated heterocycles. The van der Waals surface area contributed by atoms with Gasteiger partial charge in [0.05, 0.1) is 11.9 Å². The van der Waals surface area contributed by atoms with Crippen LogP contribution in [0.3, 0.4) is 0 Å². The number of hydrogen-bond acceptors (Lipinski definition) is 3. The molecule has 0 aliphatic heterocycles. The average molecular weight is 279 g/mol. The van der Waals surface area contributed by atoms with E-state index in [4.69, 9.17) is 4.74 Å². The van der Waals surface area contributed by atoms with Crippen molar-refractivity contribution < 1.29 is 4.74 Å². The quantitative estimate of drug-likeness (QED) is 0.771. The van der Waals surface area contributed by atoms with Crippen LogP contribution in [0.5, 0.6) is 11.5 Å². The Morgan fingerprint density at radius 3 is 2.62 bits per heavy atom. The van der Waals surface area contributed by atoms with Crippen LogP contribution in [-0.2, 0) is 13.6 Å². The summed E-state index contributed by atoms with van der Waals surface area (Å²) in [6, 6.07) is 17.9. The standard InChI is InChI=1S/C17H17N3O/c1-20-13-15(12-19-20)18-11-14-6-5-9-17(10-14)21-16-7-3-2-4-8-16/h2-10,12-13,18H,11H2,1H3. The third kappa shape index (κ3) is 3.63. The van der Waals surface area contributed by atoms with Gasteiger partial charge in [0.2, 0.25) is 0 Å². The Balaban J connectivity index is 1.65. The van der Waals surface area contributed by atoms with E-state index in [1.807, 2.05) is 68.0 Å². The summed E-state index contributed by atoms with van der Waals surface area (Å²) in [7, 11) is 1.90. The molecule has 4 heteroatoms. The molecular formula is C17H17N3O. The van der Waals surface area contributed by atoms with Gasteiger partial charge < -0.3 is 10.1 Å². The summed E-state index contributed by atoms with van der Waals surface area (Å²) in [5.74, 6) is 1.68. The van der Waals surface area contributed by atoms with Crippen LogP contribution in [0.15, 0.2) is 67.0 Å². The molecule has 0 atom stereocenters. The number of nitrogens with one attached hydrogen (secondary N) is 1. The van der Waals surface area contributed by atoms with E-state index in [0.717, 1.165) is 29.3 Å². The van der Waals surface area contributed by atoms with E-state index in [9.17, 15) is 0 Å². The van der Waals surface area contributed by atoms with Crippen LogP contribution in [0.2, 0.25) is 0 Å². The van der Waals surface area contributed by atoms with Gasteiger partial charge in [-0.15, -0.1) is 0 Å². The predicted octanol–water partition coefficient (Wildman–Crippen LogP) is 3.82. The van der Waals surface area contributed by atoms with Crippen LogP contribution >= 0.6 is 0 Å². The minimum atomic E-state index is 0.734. The van der Waals surface area contributed by atoms with Crippen molar-refractivity contribution in [3.63, 3.8) is 0 Å². The molecule has 0 aliphatic rings. The van der Waals surface area contributed by atoms with E-state index in [0.29, 0.717) is 0 Å². The van der Waals surface area contributed by atoms with E-state index in [1.165, 1.54) is 0 Å². The first kappa shape index (κ1) is 13.2. The lowest BCUT2D eigenvalue weighted by Crippen LogP contribution is -1.98. The van der Waals surface area contributed by atoms with Gasteiger partial charge in [-0.1, -0.05) is 30.3 Å². The van der Waals surface area contributed by atoms with Crippen molar-refractivity contribution in [2.24, 2.45) is 7.05 Å². The van der Waals surface area contributed by atoms with Crippen LogP contribution in [0.4, 0.5) is 5.69 Å². The lowest BCUT2D eigenvalue weighted by Gasteiger charge is -2.08. The molecule has 3 aromatic rings. The van der Waals surface area contributed by atoms with Crippen LogP contribution in [-0.4, -0.2) is 9.78 Å². The molecule has 0 aliphatic carbocycles. The van der Waals surface area contributed by atoms with Crippen molar-refractivity contribution in [1.82, 2.24) is 9.78 Å². The zero-order valence-corrected chi connectivity index (χ0v) is 11.9. The van der Waals surface area contributed by atoms with Crippen molar-refractivity contribution in [3.05, 3.63) is 72.6 Å². The van der Waals surface area contributed by atoms with Gasteiger partial charge in [-0.05, 0) is 29.8 Å². The van der Waals surface area contributed by atoms with Gasteiger partial charge in [-0.2, -0.15) is 5.10 Å². The van der Waals surface area contributed by atoms with Gasteiger partial charge in [0.15, 0.2) is 0 Å². The largest absolute Gasteiger partial charge is 0.457 e. The molecule has 0 radical (unpaired) electrons. The lowest BCUT2D eigenvalue weighted by molar-refractivity contribution is 0.482. The van der Waals surface area contributed by atoms with Crippen molar-refractivity contribution >= 4 is 5.69 Å². The number of hydrogen-bond donors (Lipinski definition) is 1. The Morgan fingerprint density at radius 2 is 1.86 bits per heavy atom. The Hall–Kier alpha value is -2.75. The number of aryl methyl sites for hydroxylation is 1. The molecule has 0 amide bonds. The second kappa shape index (κ2) is 6.13. The molecule has 0 unspecified atom stereocenters. The molecule has 21 heavy (non-hydrogen) atoms. The van der Waals surface area contributed by atoms with E-state index in [1.54, 1.807) is 4.68 Å². The summed E-state index contributed by atoms with van der Waals surface area (Å²) < 4.78 is 7.61. The minimum Gasteiger partial charge on any atom is -0.457 e. The van der Waals surface area contributed by atoms with Gasteiger partial charge in [0, 0.05) is 19.8 Å². The molecular weight excluding hydrogens is 262 g/mol. The van der Waals surface area contributed by atoms with E-state index >= 15 is 0 Å². The SMILES string of the molecule is Cn1cc(NCc2cccc(Oc3ccccc3)c2)cn1. The molecule has 4 nitrogen and oxygen atoms in total. The van der Waals surface area contributed by atoms with E-state index in [-0.39, 0.29) is 0 Å². The van der Waals surface area contributed by atoms with Crippen molar-refractivity contribution in [2.45, 2.75) is 6.54 Å². The fourth-order valence-corrected chi connectivity index (χ4v) is 2.06. The molecule has 1 N–H and O–H groups in total. The molecule has 1 heterocycles. The van der Waals surface area contributed by atoms with Crippen molar-refractivity contribution in [1.29, 1.82) is 0 Å². The van der Waals surface area contributed by atoms with Gasteiger partial charge in [-0.25, -0.2) is 0 Å². The zero-order chi connectivity index (χ0) is 14.5. The smallest absolute Gasteiger partial charge is 0.127 e. The second-order valence-electron chi connectivity index (χ2n) is 4.82. The molecule has 2 aromatic carbocycles. The first-order valence-electron chi connectivity index (χ1n) is 6.84. The summed E-state index contributed by atoms with van der Waals surface area (Å²) in [6.45, 7) is 0.734. The fraction of sp³-hybridized carbons (Fsp3) is 0.118. The highest BCUT2D eigenvalue weighted by Gasteiger charge is 2.00. The number of benzene rings is 2. The Kier molecular flexibility index (Phi) is 3.87. The number of para-hydroxylation sites is 1. The molecule has 3 rings (SSSR count). The molecule has 106 valence electrons. The van der Waals surface area contributed by atoms with Gasteiger partial charge >= 0.3 is 0 Å². The maximum atomic E-state index is 5.83. The average Bonchev–Trinajstić information content (AvgIpc) is 2.92. The number of anilines is 1. The highest BCUT2D eigenvalue weighted by molar-refractivity contribution is 5.40. The minimum absolute atomic E-state index is 0.734. The monoisotopic (exact) mass is 279 g/mol. The zero-order valence-electron chi connectivity index (χ0n) is 11.9. The Labute approximate surface area is 124 Å². The topological polar surface area (TPSA) is 39.1 Å². The first-order chi connectivity index (χ1) is 10.3. The molecule has 0 spiro atoms. The van der Waals surface area contributed by atoms with Crippen LogP contribution < -0.4 is 10.1 Å². The molecule has 1 aromatic heterocycles. The maximum absolute atomic E-state index is 5.83. The number of aromatic nitrogens is 2. The van der Waals surface area contributed by atoms with Crippen molar-refractivity contribution in [3.8, 4) is 11.5 Å². The van der Waals surface area contributed by atoms with Crippen LogP contribution in [0.1, 0.15) is 5.56 Å². The van der Waals surface area contributed by atoms with E-state index in [2.05, 4.69) is 16.5 Å². The fourth-order valence-electron chi connectivity index (χ4n) is 2.06. The number of rotatable bonds is 5. The normalized spacial score (nSPS) is 10.3. The Bertz CT molecular complexity index is 707. The maximum Gasteiger partial charge on any atom is 0.127 e. The molecule has 0 saturated carbocycles. The summed E-state index contributed by atoms with van der Waals surface area (Å²) in [4.78, 5) is 0. The first-order valence-corrected chi connectivity index (χ1v) is 6.84. The van der Waals surface area contributed by atoms with Gasteiger partial charge in [0.1, 0.15) is 11.5 Å². The third-order valence-electron chi connectivity index (χ3n) is 3.08. The summed E-state index contributed by atoms with van der Waals surface area (Å²) in [5, 5.41) is 7.47. The summed E-state index contributed by atoms with van der Waals surface area (Å²) >= 11 is 0. The van der Waals surface area contributed by atoms with E-state index < -0.39 is 0 Å². The summed E-state index contributed by atoms with van der Waals surface area (Å²) in [5.41, 5.74) is 2.17. The third-order valence-corrected chi connectivity index (χ3v) is 3.08. The highest BCUT2D eigenvalue weighted by Crippen LogP contribution is 2.22. The van der Waals surface area contributed by atoms with Crippen LogP contribution in [0.25, 0.3) is 0 Å². The molecule has 0 fully saturated rings. The second-order valence-corrected chi connectivity index (χ2v) is 4.82. The number of nitrogens with zero attached hydrogens (tertiary/aromatic N) is 2. The van der Waals surface area contributed by atoms with Gasteiger partial charge in [-0.3, -0.25) is 4.68 Å². The molecule has 0 bridgehead atoms. The Morgan fingerprint density at radius 1 is 1.05 bits per heavy atom. The van der Waals surface area contributed by atoms with Crippen molar-refractivity contribution in [2.75, 3.05) is 5.32 Å². The lowest BCUT2D eigenvalue weighted by atomic mass is 10.2. The summed E-state index contributed by atoms with van der Waals surface area (Å²) in [6.07, 6.45) is 3.76. The van der Waals surface area contributed by atoms with Gasteiger partial charge in [0.25, 0.3) is 0 Å². The van der Waals surface area contributed by atoms with Crippen LogP contribution in [0, 0.1) is 0 Å². The number of ether oxygens (including phenoxy) is 1.